The summed E-state index contributed by atoms with van der Waals surface area (Å²) >= 11 is 0.798. The molecule has 3 atom stereocenters. The lowest BCUT2D eigenvalue weighted by Crippen LogP contribution is -2.25. The smallest absolute Gasteiger partial charge is 0.308 e. The Bertz CT molecular complexity index is 160. The molecule has 1 unspecified atom stereocenters. The van der Waals surface area contributed by atoms with Crippen LogP contribution in [0.2, 0.25) is 6.32 Å². The lowest BCUT2D eigenvalue weighted by molar-refractivity contribution is -0.144. The third kappa shape index (κ3) is 6.33. The van der Waals surface area contributed by atoms with Gasteiger partial charge in [0.2, 0.25) is 0 Å². The van der Waals surface area contributed by atoms with Crippen molar-refractivity contribution < 1.29 is 19.6 Å². The van der Waals surface area contributed by atoms with Crippen LogP contribution in [0.3, 0.4) is 0 Å². The van der Waals surface area contributed by atoms with E-state index in [4.69, 9.17) is 9.66 Å². The number of aliphatic hydroxyl groups is 1. The van der Waals surface area contributed by atoms with Crippen LogP contribution < -0.4 is 0 Å². The van der Waals surface area contributed by atoms with Crippen LogP contribution in [0.25, 0.3) is 0 Å². The van der Waals surface area contributed by atoms with Crippen molar-refractivity contribution in [2.45, 2.75) is 25.8 Å². The summed E-state index contributed by atoms with van der Waals surface area (Å²) in [5.41, 5.74) is 0. The molecule has 0 aliphatic rings. The molecule has 4 nitrogen and oxygen atoms in total. The first-order valence-corrected chi connectivity index (χ1v) is 6.74. The number of aliphatic hydroxyl groups excluding tert-OH is 1. The third-order valence-corrected chi connectivity index (χ3v) is 3.50. The van der Waals surface area contributed by atoms with Gasteiger partial charge >= 0.3 is 5.97 Å². The Kier molecular flexibility index (Phi) is 7.76. The fourth-order valence-corrected chi connectivity index (χ4v) is 1.99. The van der Waals surface area contributed by atoms with E-state index in [0.717, 1.165) is 25.0 Å². The zero-order valence-corrected chi connectivity index (χ0v) is 9.25. The predicted molar refractivity (Wildman–Crippen MR) is 57.9 cm³/mol. The van der Waals surface area contributed by atoms with Gasteiger partial charge in [0.05, 0.1) is 12.0 Å². The molecule has 0 amide bonds. The highest BCUT2D eigenvalue weighted by atomic mass is 32.7. The van der Waals surface area contributed by atoms with Crippen molar-refractivity contribution in [3.63, 3.8) is 0 Å². The van der Waals surface area contributed by atoms with E-state index in [0.29, 0.717) is 14.1 Å². The first-order valence-electron chi connectivity index (χ1n) is 4.03. The fraction of sp³-hybridized carbons (Fsp3) is 0.833. The van der Waals surface area contributed by atoms with Crippen LogP contribution in [-0.2, 0) is 4.79 Å². The molecule has 0 bridgehead atoms. The van der Waals surface area contributed by atoms with E-state index in [1.165, 1.54) is 6.92 Å². The summed E-state index contributed by atoms with van der Waals surface area (Å²) in [7, 11) is 0.416. The minimum atomic E-state index is -0.966. The Morgan fingerprint density at radius 3 is 2.77 bits per heavy atom. The second-order valence-corrected chi connectivity index (χ2v) is 5.21. The minimum absolute atomic E-state index is 0.416. The molecule has 0 aliphatic heterocycles. The van der Waals surface area contributed by atoms with E-state index < -0.39 is 18.0 Å². The summed E-state index contributed by atoms with van der Waals surface area (Å²) in [6, 6.07) is 0. The summed E-state index contributed by atoms with van der Waals surface area (Å²) in [5, 5.41) is 17.9. The maximum atomic E-state index is 10.4. The molecule has 0 heterocycles. The number of aliphatic carboxylic acids is 1. The van der Waals surface area contributed by atoms with Gasteiger partial charge in [0, 0.05) is 11.7 Å². The van der Waals surface area contributed by atoms with Gasteiger partial charge in [-0.25, -0.2) is 0 Å². The SMILES string of the molecule is C[C@H](C(=O)O)[C@H](O)CCBPSO. The van der Waals surface area contributed by atoms with Gasteiger partial charge in [-0.05, 0) is 13.3 Å². The fourth-order valence-electron chi connectivity index (χ4n) is 0.844. The molecule has 76 valence electrons. The summed E-state index contributed by atoms with van der Waals surface area (Å²) in [6.45, 7) is 2.32. The molecule has 0 aromatic rings. The minimum Gasteiger partial charge on any atom is -0.481 e. The van der Waals surface area contributed by atoms with E-state index in [1.807, 2.05) is 0 Å². The molecule has 3 N–H and O–H groups in total. The topological polar surface area (TPSA) is 77.8 Å². The molecular formula is C6H14BO4PS. The molecule has 0 aromatic heterocycles. The molecule has 0 aromatic carbocycles. The molecule has 0 aliphatic carbocycles. The Hall–Kier alpha value is 0.235. The number of hydrogen-bond acceptors (Lipinski definition) is 4. The van der Waals surface area contributed by atoms with E-state index in [9.17, 15) is 9.90 Å². The van der Waals surface area contributed by atoms with Gasteiger partial charge in [-0.3, -0.25) is 4.79 Å². The van der Waals surface area contributed by atoms with E-state index in [1.54, 1.807) is 0 Å². The van der Waals surface area contributed by atoms with Gasteiger partial charge in [0.15, 0.2) is 7.00 Å². The van der Waals surface area contributed by atoms with Crippen LogP contribution in [0.5, 0.6) is 0 Å². The van der Waals surface area contributed by atoms with E-state index >= 15 is 0 Å². The van der Waals surface area contributed by atoms with Crippen LogP contribution in [0.4, 0.5) is 0 Å². The maximum Gasteiger partial charge on any atom is 0.308 e. The van der Waals surface area contributed by atoms with Crippen molar-refractivity contribution >= 4 is 32.3 Å². The van der Waals surface area contributed by atoms with Gasteiger partial charge in [-0.1, -0.05) is 14.0 Å². The first-order chi connectivity index (χ1) is 6.09. The zero-order chi connectivity index (χ0) is 10.3. The lowest BCUT2D eigenvalue weighted by atomic mass is 9.92. The molecule has 0 rings (SSSR count). The van der Waals surface area contributed by atoms with Gasteiger partial charge in [0.25, 0.3) is 0 Å². The largest absolute Gasteiger partial charge is 0.481 e. The number of carbonyl (C=O) groups is 1. The highest BCUT2D eigenvalue weighted by Gasteiger charge is 2.20. The van der Waals surface area contributed by atoms with Crippen LogP contribution in [0, 0.1) is 5.92 Å². The van der Waals surface area contributed by atoms with Gasteiger partial charge in [-0.2, -0.15) is 0 Å². The van der Waals surface area contributed by atoms with Gasteiger partial charge in [0.1, 0.15) is 0 Å². The Balaban J connectivity index is 3.50. The standard InChI is InChI=1S/C6H14BO4PS/c1-4(6(9)10)5(8)2-3-7-12-13-11/h4-5,7-8,11-12H,2-3H2,1H3,(H,9,10)/t4-,5+/m0/s1. The molecule has 0 fully saturated rings. The maximum absolute atomic E-state index is 10.4. The van der Waals surface area contributed by atoms with Crippen LogP contribution >= 0.6 is 19.3 Å². The second-order valence-electron chi connectivity index (χ2n) is 2.82. The molecular weight excluding hydrogens is 210 g/mol. The number of rotatable bonds is 7. The molecule has 0 radical (unpaired) electrons. The first kappa shape index (κ1) is 13.2. The van der Waals surface area contributed by atoms with Gasteiger partial charge in [-0.15, -0.1) is 0 Å². The Morgan fingerprint density at radius 1 is 1.69 bits per heavy atom. The average molecular weight is 224 g/mol. The summed E-state index contributed by atoms with van der Waals surface area (Å²) < 4.78 is 8.40. The van der Waals surface area contributed by atoms with Crippen molar-refractivity contribution in [2.75, 3.05) is 0 Å². The lowest BCUT2D eigenvalue weighted by Gasteiger charge is -2.13. The van der Waals surface area contributed by atoms with Crippen molar-refractivity contribution in [1.29, 1.82) is 0 Å². The molecule has 0 spiro atoms. The quantitative estimate of drug-likeness (QED) is 0.260. The monoisotopic (exact) mass is 224 g/mol. The van der Waals surface area contributed by atoms with Crippen molar-refractivity contribution in [2.24, 2.45) is 5.92 Å². The van der Waals surface area contributed by atoms with Crippen LogP contribution in [-0.4, -0.2) is 33.8 Å². The normalized spacial score (nSPS) is 15.9. The predicted octanol–water partition coefficient (Wildman–Crippen LogP) is 1.03. The van der Waals surface area contributed by atoms with Gasteiger partial charge < -0.3 is 14.8 Å². The Labute approximate surface area is 84.0 Å². The van der Waals surface area contributed by atoms with Crippen LogP contribution in [0.15, 0.2) is 0 Å². The van der Waals surface area contributed by atoms with Crippen LogP contribution in [0.1, 0.15) is 13.3 Å². The van der Waals surface area contributed by atoms with E-state index in [-0.39, 0.29) is 0 Å². The molecule has 0 saturated carbocycles. The van der Waals surface area contributed by atoms with E-state index in [2.05, 4.69) is 0 Å². The highest BCUT2D eigenvalue weighted by Crippen LogP contribution is 2.25. The van der Waals surface area contributed by atoms with Crippen molar-refractivity contribution in [1.82, 2.24) is 0 Å². The van der Waals surface area contributed by atoms with Crippen molar-refractivity contribution in [3.8, 4) is 0 Å². The summed E-state index contributed by atoms with van der Waals surface area (Å²) in [5.74, 6) is -1.67. The summed E-state index contributed by atoms with van der Waals surface area (Å²) in [6.07, 6.45) is 0.470. The highest BCUT2D eigenvalue weighted by molar-refractivity contribution is 8.53. The number of hydrogen-bond donors (Lipinski definition) is 3. The molecule has 7 heteroatoms. The summed E-state index contributed by atoms with van der Waals surface area (Å²) in [4.78, 5) is 10.4. The van der Waals surface area contributed by atoms with Crippen molar-refractivity contribution in [3.05, 3.63) is 0 Å². The zero-order valence-electron chi connectivity index (χ0n) is 7.43. The number of carboxylic acid groups (broad SMARTS) is 1. The number of carboxylic acids is 1. The molecule has 13 heavy (non-hydrogen) atoms. The average Bonchev–Trinajstić information content (AvgIpc) is 2.10. The third-order valence-electron chi connectivity index (χ3n) is 1.81. The molecule has 0 saturated heterocycles. The second kappa shape index (κ2) is 7.62. The Morgan fingerprint density at radius 2 is 2.31 bits per heavy atom.